The van der Waals surface area contributed by atoms with Crippen molar-refractivity contribution in [2.45, 2.75) is 33.3 Å². The first kappa shape index (κ1) is 15.3. The SMILES string of the molecule is CC(C)(C)CC(O)CNC(=O)c1cc(N)cc(N)c1. The van der Waals surface area contributed by atoms with E-state index in [-0.39, 0.29) is 17.9 Å². The molecule has 106 valence electrons. The molecule has 0 heterocycles. The first-order valence-electron chi connectivity index (χ1n) is 6.30. The van der Waals surface area contributed by atoms with E-state index >= 15 is 0 Å². The molecule has 1 amide bonds. The number of aliphatic hydroxyl groups is 1. The van der Waals surface area contributed by atoms with E-state index < -0.39 is 6.10 Å². The van der Waals surface area contributed by atoms with E-state index in [1.165, 1.54) is 0 Å². The molecule has 0 spiro atoms. The monoisotopic (exact) mass is 265 g/mol. The molecule has 1 atom stereocenters. The average molecular weight is 265 g/mol. The summed E-state index contributed by atoms with van der Waals surface area (Å²) in [6.45, 7) is 6.33. The number of nitrogen functional groups attached to an aromatic ring is 2. The lowest BCUT2D eigenvalue weighted by Gasteiger charge is -2.22. The topological polar surface area (TPSA) is 101 Å². The summed E-state index contributed by atoms with van der Waals surface area (Å²) in [7, 11) is 0. The lowest BCUT2D eigenvalue weighted by atomic mass is 9.89. The molecule has 1 aromatic carbocycles. The fourth-order valence-electron chi connectivity index (χ4n) is 1.90. The van der Waals surface area contributed by atoms with Crippen LogP contribution in [0.4, 0.5) is 11.4 Å². The molecule has 0 aromatic heterocycles. The van der Waals surface area contributed by atoms with Gasteiger partial charge in [0, 0.05) is 23.5 Å². The molecule has 5 heteroatoms. The molecule has 0 bridgehead atoms. The first-order valence-corrected chi connectivity index (χ1v) is 6.30. The highest BCUT2D eigenvalue weighted by atomic mass is 16.3. The maximum Gasteiger partial charge on any atom is 0.251 e. The fourth-order valence-corrected chi connectivity index (χ4v) is 1.90. The summed E-state index contributed by atoms with van der Waals surface area (Å²) in [4.78, 5) is 11.9. The van der Waals surface area contributed by atoms with Gasteiger partial charge in [-0.1, -0.05) is 20.8 Å². The number of nitrogens with two attached hydrogens (primary N) is 2. The second kappa shape index (κ2) is 5.93. The lowest BCUT2D eigenvalue weighted by Crippen LogP contribution is -2.34. The van der Waals surface area contributed by atoms with Crippen molar-refractivity contribution >= 4 is 17.3 Å². The van der Waals surface area contributed by atoms with Gasteiger partial charge in [-0.3, -0.25) is 4.79 Å². The second-order valence-corrected chi connectivity index (χ2v) is 6.02. The molecule has 0 aliphatic carbocycles. The molecule has 0 radical (unpaired) electrons. The maximum atomic E-state index is 11.9. The largest absolute Gasteiger partial charge is 0.399 e. The van der Waals surface area contributed by atoms with E-state index in [1.54, 1.807) is 18.2 Å². The molecular weight excluding hydrogens is 242 g/mol. The van der Waals surface area contributed by atoms with E-state index in [9.17, 15) is 9.90 Å². The van der Waals surface area contributed by atoms with Gasteiger partial charge in [0.15, 0.2) is 0 Å². The summed E-state index contributed by atoms with van der Waals surface area (Å²) in [6, 6.07) is 4.70. The van der Waals surface area contributed by atoms with Crippen LogP contribution in [0, 0.1) is 5.41 Å². The number of benzene rings is 1. The van der Waals surface area contributed by atoms with Gasteiger partial charge >= 0.3 is 0 Å². The smallest absolute Gasteiger partial charge is 0.251 e. The van der Waals surface area contributed by atoms with Crippen LogP contribution in [0.1, 0.15) is 37.6 Å². The molecule has 1 unspecified atom stereocenters. The Bertz CT molecular complexity index is 432. The summed E-state index contributed by atoms with van der Waals surface area (Å²) in [5, 5.41) is 12.5. The number of rotatable bonds is 4. The number of anilines is 2. The molecule has 1 aromatic rings. The van der Waals surface area contributed by atoms with Crippen molar-refractivity contribution in [1.82, 2.24) is 5.32 Å². The van der Waals surface area contributed by atoms with Crippen LogP contribution in [0.15, 0.2) is 18.2 Å². The second-order valence-electron chi connectivity index (χ2n) is 6.02. The molecular formula is C14H23N3O2. The quantitative estimate of drug-likeness (QED) is 0.618. The van der Waals surface area contributed by atoms with Gasteiger partial charge < -0.3 is 21.9 Å². The lowest BCUT2D eigenvalue weighted by molar-refractivity contribution is 0.0868. The van der Waals surface area contributed by atoms with Gasteiger partial charge in [-0.05, 0) is 30.0 Å². The molecule has 0 saturated carbocycles. The fraction of sp³-hybridized carbons (Fsp3) is 0.500. The van der Waals surface area contributed by atoms with Gasteiger partial charge in [0.2, 0.25) is 0 Å². The minimum Gasteiger partial charge on any atom is -0.399 e. The van der Waals surface area contributed by atoms with Gasteiger partial charge in [0.25, 0.3) is 5.91 Å². The van der Waals surface area contributed by atoms with E-state index in [4.69, 9.17) is 11.5 Å². The Balaban J connectivity index is 2.56. The summed E-state index contributed by atoms with van der Waals surface area (Å²) in [6.07, 6.45) is 0.0501. The normalized spacial score (nSPS) is 13.1. The van der Waals surface area contributed by atoms with Crippen LogP contribution in [0.2, 0.25) is 0 Å². The third kappa shape index (κ3) is 5.61. The van der Waals surface area contributed by atoms with Crippen LogP contribution in [-0.2, 0) is 0 Å². The van der Waals surface area contributed by atoms with Crippen LogP contribution >= 0.6 is 0 Å². The van der Waals surface area contributed by atoms with Crippen molar-refractivity contribution in [1.29, 1.82) is 0 Å². The Morgan fingerprint density at radius 3 is 2.26 bits per heavy atom. The Labute approximate surface area is 114 Å². The Morgan fingerprint density at radius 1 is 1.26 bits per heavy atom. The van der Waals surface area contributed by atoms with E-state index in [0.717, 1.165) is 0 Å². The number of carbonyl (C=O) groups excluding carboxylic acids is 1. The predicted octanol–water partition coefficient (Wildman–Crippen LogP) is 1.38. The molecule has 5 nitrogen and oxygen atoms in total. The summed E-state index contributed by atoms with van der Waals surface area (Å²) >= 11 is 0. The van der Waals surface area contributed by atoms with E-state index in [2.05, 4.69) is 5.32 Å². The van der Waals surface area contributed by atoms with Gasteiger partial charge in [0.1, 0.15) is 0 Å². The number of aliphatic hydroxyl groups excluding tert-OH is 1. The van der Waals surface area contributed by atoms with Crippen molar-refractivity contribution in [3.05, 3.63) is 23.8 Å². The number of hydrogen-bond acceptors (Lipinski definition) is 4. The first-order chi connectivity index (χ1) is 8.67. The minimum atomic E-state index is -0.567. The van der Waals surface area contributed by atoms with Gasteiger partial charge in [-0.25, -0.2) is 0 Å². The number of amides is 1. The highest BCUT2D eigenvalue weighted by Crippen LogP contribution is 2.20. The van der Waals surface area contributed by atoms with Crippen molar-refractivity contribution in [3.8, 4) is 0 Å². The predicted molar refractivity (Wildman–Crippen MR) is 77.7 cm³/mol. The van der Waals surface area contributed by atoms with Gasteiger partial charge in [0.05, 0.1) is 6.10 Å². The van der Waals surface area contributed by atoms with Crippen LogP contribution in [0.25, 0.3) is 0 Å². The van der Waals surface area contributed by atoms with Crippen molar-refractivity contribution in [2.24, 2.45) is 5.41 Å². The highest BCUT2D eigenvalue weighted by Gasteiger charge is 2.17. The molecule has 6 N–H and O–H groups in total. The standard InChI is InChI=1S/C14H23N3O2/c1-14(2,3)7-12(18)8-17-13(19)9-4-10(15)6-11(16)5-9/h4-6,12,18H,7-8,15-16H2,1-3H3,(H,17,19). The van der Waals surface area contributed by atoms with Crippen molar-refractivity contribution in [3.63, 3.8) is 0 Å². The summed E-state index contributed by atoms with van der Waals surface area (Å²) < 4.78 is 0. The van der Waals surface area contributed by atoms with Crippen molar-refractivity contribution in [2.75, 3.05) is 18.0 Å². The third-order valence-corrected chi connectivity index (χ3v) is 2.59. The van der Waals surface area contributed by atoms with Crippen molar-refractivity contribution < 1.29 is 9.90 Å². The minimum absolute atomic E-state index is 0.0196. The van der Waals surface area contributed by atoms with Gasteiger partial charge in [-0.2, -0.15) is 0 Å². The Morgan fingerprint density at radius 2 is 1.79 bits per heavy atom. The Hall–Kier alpha value is -1.75. The molecule has 0 saturated heterocycles. The number of hydrogen-bond donors (Lipinski definition) is 4. The molecule has 1 rings (SSSR count). The van der Waals surface area contributed by atoms with Crippen LogP contribution in [0.5, 0.6) is 0 Å². The average Bonchev–Trinajstić information content (AvgIpc) is 2.22. The zero-order chi connectivity index (χ0) is 14.6. The molecule has 0 aliphatic rings. The zero-order valence-corrected chi connectivity index (χ0v) is 11.7. The van der Waals surface area contributed by atoms with Crippen LogP contribution in [0.3, 0.4) is 0 Å². The zero-order valence-electron chi connectivity index (χ0n) is 11.7. The third-order valence-electron chi connectivity index (χ3n) is 2.59. The van der Waals surface area contributed by atoms with Crippen LogP contribution in [-0.4, -0.2) is 23.7 Å². The van der Waals surface area contributed by atoms with Gasteiger partial charge in [-0.15, -0.1) is 0 Å². The summed E-state index contributed by atoms with van der Waals surface area (Å²) in [5.41, 5.74) is 12.6. The number of nitrogens with one attached hydrogen (secondary N) is 1. The van der Waals surface area contributed by atoms with E-state index in [1.807, 2.05) is 20.8 Å². The molecule has 0 fully saturated rings. The van der Waals surface area contributed by atoms with Crippen LogP contribution < -0.4 is 16.8 Å². The molecule has 19 heavy (non-hydrogen) atoms. The van der Waals surface area contributed by atoms with E-state index in [0.29, 0.717) is 23.4 Å². The summed E-state index contributed by atoms with van der Waals surface area (Å²) in [5.74, 6) is -0.285. The Kier molecular flexibility index (Phi) is 4.78. The number of carbonyl (C=O) groups is 1. The highest BCUT2D eigenvalue weighted by molar-refractivity contribution is 5.96. The molecule has 0 aliphatic heterocycles. The maximum absolute atomic E-state index is 11.9.